The number of benzene rings is 1. The number of fused-ring (bicyclic) bond motifs is 1. The van der Waals surface area contributed by atoms with Crippen LogP contribution in [0.5, 0.6) is 0 Å². The lowest BCUT2D eigenvalue weighted by Crippen LogP contribution is -2.41. The second kappa shape index (κ2) is 9.76. The molecule has 0 radical (unpaired) electrons. The minimum absolute atomic E-state index is 0.0116. The third kappa shape index (κ3) is 4.04. The number of nitriles is 1. The molecule has 1 aliphatic heterocycles. The maximum atomic E-state index is 13.9. The molecule has 186 valence electrons. The maximum Gasteiger partial charge on any atom is 0.336 e. The van der Waals surface area contributed by atoms with Crippen LogP contribution in [0.2, 0.25) is 5.02 Å². The molecule has 0 fully saturated rings. The van der Waals surface area contributed by atoms with E-state index in [2.05, 4.69) is 17.8 Å². The van der Waals surface area contributed by atoms with E-state index in [0.717, 1.165) is 21.6 Å². The highest BCUT2D eigenvalue weighted by atomic mass is 35.5. The largest absolute Gasteiger partial charge is 0.356 e. The molecule has 1 atom stereocenters. The van der Waals surface area contributed by atoms with Crippen molar-refractivity contribution in [1.82, 2.24) is 18.9 Å². The van der Waals surface area contributed by atoms with Crippen molar-refractivity contribution in [3.05, 3.63) is 73.5 Å². The van der Waals surface area contributed by atoms with Gasteiger partial charge in [-0.1, -0.05) is 11.6 Å². The van der Waals surface area contributed by atoms with Gasteiger partial charge in [0.25, 0.3) is 5.56 Å². The number of hydrogen-bond donors (Lipinski definition) is 0. The number of halogens is 2. The van der Waals surface area contributed by atoms with Crippen molar-refractivity contribution in [1.29, 1.82) is 5.26 Å². The Labute approximate surface area is 216 Å². The van der Waals surface area contributed by atoms with Crippen LogP contribution in [-0.4, -0.2) is 45.9 Å². The van der Waals surface area contributed by atoms with Gasteiger partial charge in [0.15, 0.2) is 0 Å². The van der Waals surface area contributed by atoms with Crippen LogP contribution in [0.15, 0.2) is 56.4 Å². The van der Waals surface area contributed by atoms with Crippen LogP contribution in [0, 0.1) is 17.1 Å². The molecule has 0 spiro atoms. The van der Waals surface area contributed by atoms with Crippen molar-refractivity contribution in [3.63, 3.8) is 0 Å². The molecule has 1 aromatic carbocycles. The highest BCUT2D eigenvalue weighted by Crippen LogP contribution is 2.37. The fourth-order valence-corrected chi connectivity index (χ4v) is 5.84. The van der Waals surface area contributed by atoms with E-state index in [1.807, 2.05) is 37.7 Å². The summed E-state index contributed by atoms with van der Waals surface area (Å²) in [6.45, 7) is 7.54. The zero-order valence-electron chi connectivity index (χ0n) is 20.2. The van der Waals surface area contributed by atoms with Gasteiger partial charge in [-0.3, -0.25) is 14.4 Å². The zero-order valence-corrected chi connectivity index (χ0v) is 21.8. The molecule has 1 unspecified atom stereocenters. The van der Waals surface area contributed by atoms with Crippen LogP contribution in [0.3, 0.4) is 0 Å². The fourth-order valence-electron chi connectivity index (χ4n) is 4.39. The average molecular weight is 527 g/mol. The molecule has 1 aliphatic rings. The van der Waals surface area contributed by atoms with E-state index in [1.54, 1.807) is 6.07 Å². The normalized spacial score (nSPS) is 16.2. The molecule has 0 bridgehead atoms. The SMILES string of the molecule is C=N/C=C(\C1=C(C)N(C)C(C)N1C)n1c(=O)c2sc(-c3ccc(F)cc3Cl)cc2n(CCC#N)c1=O. The summed E-state index contributed by atoms with van der Waals surface area (Å²) in [4.78, 5) is 36.1. The van der Waals surface area contributed by atoms with Crippen LogP contribution in [0.1, 0.15) is 20.3 Å². The van der Waals surface area contributed by atoms with Crippen molar-refractivity contribution >= 4 is 45.6 Å². The fraction of sp³-hybridized carbons (Fsp3) is 0.280. The van der Waals surface area contributed by atoms with Crippen molar-refractivity contribution < 1.29 is 4.39 Å². The molecular weight excluding hydrogens is 503 g/mol. The highest BCUT2D eigenvalue weighted by Gasteiger charge is 2.32. The number of nitrogens with zero attached hydrogens (tertiary/aromatic N) is 6. The van der Waals surface area contributed by atoms with Crippen LogP contribution in [0.4, 0.5) is 4.39 Å². The molecule has 0 N–H and O–H groups in total. The van der Waals surface area contributed by atoms with Gasteiger partial charge in [-0.2, -0.15) is 5.26 Å². The Balaban J connectivity index is 2.06. The van der Waals surface area contributed by atoms with E-state index in [4.69, 9.17) is 11.6 Å². The van der Waals surface area contributed by atoms with E-state index < -0.39 is 17.1 Å². The molecule has 4 rings (SSSR count). The van der Waals surface area contributed by atoms with E-state index in [0.29, 0.717) is 32.1 Å². The Hall–Kier alpha value is -3.68. The quantitative estimate of drug-likeness (QED) is 0.440. The van der Waals surface area contributed by atoms with Gasteiger partial charge in [-0.05, 0) is 44.8 Å². The van der Waals surface area contributed by atoms with Crippen molar-refractivity contribution in [3.8, 4) is 16.5 Å². The van der Waals surface area contributed by atoms with E-state index in [1.165, 1.54) is 29.0 Å². The van der Waals surface area contributed by atoms with Crippen LogP contribution >= 0.6 is 22.9 Å². The summed E-state index contributed by atoms with van der Waals surface area (Å²) in [5.74, 6) is -0.478. The Morgan fingerprint density at radius 3 is 2.61 bits per heavy atom. The number of rotatable bonds is 6. The van der Waals surface area contributed by atoms with Crippen molar-refractivity contribution in [2.24, 2.45) is 4.99 Å². The first kappa shape index (κ1) is 25.4. The first-order chi connectivity index (χ1) is 17.1. The molecule has 3 heterocycles. The first-order valence-corrected chi connectivity index (χ1v) is 12.3. The van der Waals surface area contributed by atoms with Gasteiger partial charge < -0.3 is 9.80 Å². The summed E-state index contributed by atoms with van der Waals surface area (Å²) in [5, 5.41) is 9.40. The lowest BCUT2D eigenvalue weighted by Gasteiger charge is -2.26. The average Bonchev–Trinajstić information content (AvgIpc) is 3.35. The number of aliphatic imine (C=N–C) groups is 1. The summed E-state index contributed by atoms with van der Waals surface area (Å²) in [6.07, 6.45) is 1.45. The van der Waals surface area contributed by atoms with Crippen LogP contribution < -0.4 is 11.2 Å². The van der Waals surface area contributed by atoms with Crippen LogP contribution in [-0.2, 0) is 6.54 Å². The lowest BCUT2D eigenvalue weighted by atomic mass is 10.2. The first-order valence-electron chi connectivity index (χ1n) is 11.1. The summed E-state index contributed by atoms with van der Waals surface area (Å²) in [6, 6.07) is 7.75. The molecule has 2 aromatic heterocycles. The van der Waals surface area contributed by atoms with E-state index in [9.17, 15) is 19.2 Å². The predicted octanol–water partition coefficient (Wildman–Crippen LogP) is 4.55. The Morgan fingerprint density at radius 2 is 2.03 bits per heavy atom. The maximum absolute atomic E-state index is 13.9. The number of thiophene rings is 1. The van der Waals surface area contributed by atoms with E-state index in [-0.39, 0.29) is 24.2 Å². The molecule has 36 heavy (non-hydrogen) atoms. The summed E-state index contributed by atoms with van der Waals surface area (Å²) in [7, 11) is 3.80. The minimum Gasteiger partial charge on any atom is -0.356 e. The molecule has 0 saturated heterocycles. The number of hydrogen-bond acceptors (Lipinski definition) is 7. The van der Waals surface area contributed by atoms with Gasteiger partial charge in [-0.15, -0.1) is 11.3 Å². The summed E-state index contributed by atoms with van der Waals surface area (Å²) >= 11 is 7.43. The molecule has 0 aliphatic carbocycles. The van der Waals surface area contributed by atoms with Gasteiger partial charge in [0, 0.05) is 36.8 Å². The number of aryl methyl sites for hydroxylation is 1. The molecule has 8 nitrogen and oxygen atoms in total. The topological polar surface area (TPSA) is 86.6 Å². The van der Waals surface area contributed by atoms with Gasteiger partial charge in [0.1, 0.15) is 10.5 Å². The minimum atomic E-state index is -0.594. The number of allylic oxidation sites excluding steroid dienone is 2. The predicted molar refractivity (Wildman–Crippen MR) is 142 cm³/mol. The number of likely N-dealkylation sites (N-methyl/N-ethyl adjacent to an activating group) is 1. The van der Waals surface area contributed by atoms with Gasteiger partial charge in [-0.25, -0.2) is 13.8 Å². The Kier molecular flexibility index (Phi) is 6.89. The van der Waals surface area contributed by atoms with Crippen molar-refractivity contribution in [2.75, 3.05) is 14.1 Å². The summed E-state index contributed by atoms with van der Waals surface area (Å²) < 4.78 is 16.4. The van der Waals surface area contributed by atoms with Gasteiger partial charge in [0.2, 0.25) is 0 Å². The van der Waals surface area contributed by atoms with E-state index >= 15 is 0 Å². The molecular formula is C25H24ClFN6O2S. The highest BCUT2D eigenvalue weighted by molar-refractivity contribution is 7.22. The van der Waals surface area contributed by atoms with Gasteiger partial charge >= 0.3 is 5.69 Å². The zero-order chi connectivity index (χ0) is 26.3. The Bertz CT molecular complexity index is 1610. The van der Waals surface area contributed by atoms with Crippen molar-refractivity contribution in [2.45, 2.75) is 33.0 Å². The second-order valence-electron chi connectivity index (χ2n) is 8.42. The Morgan fingerprint density at radius 1 is 1.31 bits per heavy atom. The number of aromatic nitrogens is 2. The monoisotopic (exact) mass is 526 g/mol. The van der Waals surface area contributed by atoms with Crippen LogP contribution in [0.25, 0.3) is 26.4 Å². The van der Waals surface area contributed by atoms with Gasteiger partial charge in [0.05, 0.1) is 46.8 Å². The smallest absolute Gasteiger partial charge is 0.336 e. The lowest BCUT2D eigenvalue weighted by molar-refractivity contribution is 0.212. The standard InChI is InChI=1S/C25H24ClFN6O2S/c1-14-22(31(5)15(2)30(14)4)20(13-29-3)33-24(34)23-19(32(25(33)35)10-6-9-28)12-21(36-23)17-8-7-16(27)11-18(17)26/h7-8,11-13,15H,3,6,10H2,1-2,4-5H3/b20-13+. The molecule has 11 heteroatoms. The third-order valence-electron chi connectivity index (χ3n) is 6.51. The molecule has 0 saturated carbocycles. The molecule has 3 aromatic rings. The summed E-state index contributed by atoms with van der Waals surface area (Å²) in [5.41, 5.74) is 1.63. The third-order valence-corrected chi connectivity index (χ3v) is 7.97. The second-order valence-corrected chi connectivity index (χ2v) is 9.88. The molecule has 0 amide bonds.